The number of nitrogens with one attached hydrogen (secondary N) is 1. The van der Waals surface area contributed by atoms with Gasteiger partial charge in [0.1, 0.15) is 0 Å². The van der Waals surface area contributed by atoms with E-state index in [4.69, 9.17) is 9.47 Å². The minimum atomic E-state index is -3.27. The maximum Gasteiger partial charge on any atom is 0.209 e. The van der Waals surface area contributed by atoms with E-state index in [1.807, 2.05) is 36.4 Å². The summed E-state index contributed by atoms with van der Waals surface area (Å²) in [5.74, 6) is 1.31. The summed E-state index contributed by atoms with van der Waals surface area (Å²) in [5, 5.41) is 1.89. The molecule has 0 aliphatic heterocycles. The fourth-order valence-corrected chi connectivity index (χ4v) is 3.28. The highest BCUT2D eigenvalue weighted by atomic mass is 32.2. The molecule has 6 nitrogen and oxygen atoms in total. The maximum atomic E-state index is 11.4. The van der Waals surface area contributed by atoms with Gasteiger partial charge in [0.05, 0.1) is 20.5 Å². The molecule has 1 N–H and O–H groups in total. The van der Waals surface area contributed by atoms with Gasteiger partial charge < -0.3 is 9.47 Å². The average Bonchev–Trinajstić information content (AvgIpc) is 2.64. The second-order valence-electron chi connectivity index (χ2n) is 5.86. The van der Waals surface area contributed by atoms with Crippen LogP contribution >= 0.6 is 0 Å². The van der Waals surface area contributed by atoms with Crippen LogP contribution in [0.1, 0.15) is 5.56 Å². The molecule has 1 heterocycles. The summed E-state index contributed by atoms with van der Waals surface area (Å²) in [7, 11) is -0.0706. The molecule has 0 fully saturated rings. The van der Waals surface area contributed by atoms with Gasteiger partial charge in [-0.1, -0.05) is 18.2 Å². The number of aromatic nitrogens is 1. The molecule has 0 aliphatic carbocycles. The highest BCUT2D eigenvalue weighted by molar-refractivity contribution is 7.88. The molecule has 7 heteroatoms. The van der Waals surface area contributed by atoms with Crippen LogP contribution in [0.15, 0.2) is 48.8 Å². The Morgan fingerprint density at radius 3 is 2.46 bits per heavy atom. The molecule has 0 saturated heterocycles. The molecule has 3 aromatic rings. The van der Waals surface area contributed by atoms with E-state index in [9.17, 15) is 8.42 Å². The van der Waals surface area contributed by atoms with Crippen molar-refractivity contribution in [2.75, 3.05) is 20.5 Å². The Kier molecular flexibility index (Phi) is 5.11. The number of nitrogens with zero attached hydrogens (tertiary/aromatic N) is 1. The van der Waals surface area contributed by atoms with Gasteiger partial charge in [-0.3, -0.25) is 4.98 Å². The monoisotopic (exact) mass is 372 g/mol. The smallest absolute Gasteiger partial charge is 0.209 e. The first-order chi connectivity index (χ1) is 12.4. The van der Waals surface area contributed by atoms with Crippen LogP contribution in [0.3, 0.4) is 0 Å². The lowest BCUT2D eigenvalue weighted by Crippen LogP contribution is -2.21. The zero-order valence-electron chi connectivity index (χ0n) is 14.8. The van der Waals surface area contributed by atoms with Crippen molar-refractivity contribution in [1.29, 1.82) is 0 Å². The minimum absolute atomic E-state index is 0.216. The van der Waals surface area contributed by atoms with Crippen molar-refractivity contribution >= 4 is 20.8 Å². The predicted octanol–water partition coefficient (Wildman–Crippen LogP) is 2.97. The first-order valence-electron chi connectivity index (χ1n) is 7.95. The largest absolute Gasteiger partial charge is 0.493 e. The molecule has 0 amide bonds. The van der Waals surface area contributed by atoms with Gasteiger partial charge in [0.15, 0.2) is 11.5 Å². The molecule has 0 aliphatic rings. The second kappa shape index (κ2) is 7.31. The standard InChI is InChI=1S/C19H20N2O4S/c1-24-18-7-5-13(10-19(18)25-2)15-6-4-14(11-21-26(3,22)23)17-12-20-9-8-16(15)17/h4-10,12,21H,11H2,1-3H3. The van der Waals surface area contributed by atoms with Gasteiger partial charge in [-0.05, 0) is 40.3 Å². The summed E-state index contributed by atoms with van der Waals surface area (Å²) >= 11 is 0. The van der Waals surface area contributed by atoms with Crippen LogP contribution in [0.5, 0.6) is 11.5 Å². The van der Waals surface area contributed by atoms with E-state index in [2.05, 4.69) is 9.71 Å². The normalized spacial score (nSPS) is 11.5. The first-order valence-corrected chi connectivity index (χ1v) is 9.84. The number of ether oxygens (including phenoxy) is 2. The fraction of sp³-hybridized carbons (Fsp3) is 0.211. The minimum Gasteiger partial charge on any atom is -0.493 e. The first kappa shape index (κ1) is 18.2. The zero-order valence-corrected chi connectivity index (χ0v) is 15.6. The van der Waals surface area contributed by atoms with Crippen LogP contribution in [0, 0.1) is 0 Å². The van der Waals surface area contributed by atoms with E-state index in [-0.39, 0.29) is 6.54 Å². The SMILES string of the molecule is COc1ccc(-c2ccc(CNS(C)(=O)=O)c3cnccc23)cc1OC. The summed E-state index contributed by atoms with van der Waals surface area (Å²) < 4.78 is 36.0. The number of fused-ring (bicyclic) bond motifs is 1. The molecule has 0 radical (unpaired) electrons. The molecule has 3 rings (SSSR count). The van der Waals surface area contributed by atoms with Gasteiger partial charge in [-0.2, -0.15) is 0 Å². The number of pyridine rings is 1. The van der Waals surface area contributed by atoms with E-state index >= 15 is 0 Å². The summed E-state index contributed by atoms with van der Waals surface area (Å²) in [5.41, 5.74) is 2.84. The molecule has 1 aromatic heterocycles. The van der Waals surface area contributed by atoms with Crippen molar-refractivity contribution in [3.63, 3.8) is 0 Å². The number of benzene rings is 2. The van der Waals surface area contributed by atoms with E-state index < -0.39 is 10.0 Å². The second-order valence-corrected chi connectivity index (χ2v) is 7.69. The van der Waals surface area contributed by atoms with Crippen LogP contribution in [-0.2, 0) is 16.6 Å². The summed E-state index contributed by atoms with van der Waals surface area (Å²) in [6, 6.07) is 11.6. The number of hydrogen-bond acceptors (Lipinski definition) is 5. The van der Waals surface area contributed by atoms with E-state index in [1.165, 1.54) is 0 Å². The molecule has 0 atom stereocenters. The maximum absolute atomic E-state index is 11.4. The number of rotatable bonds is 6. The van der Waals surface area contributed by atoms with E-state index in [0.717, 1.165) is 33.7 Å². The highest BCUT2D eigenvalue weighted by Crippen LogP contribution is 2.36. The molecular weight excluding hydrogens is 352 g/mol. The van der Waals surface area contributed by atoms with Gasteiger partial charge in [-0.15, -0.1) is 0 Å². The van der Waals surface area contributed by atoms with Gasteiger partial charge in [0.25, 0.3) is 0 Å². The lowest BCUT2D eigenvalue weighted by Gasteiger charge is -2.13. The molecule has 0 bridgehead atoms. The van der Waals surface area contributed by atoms with Crippen LogP contribution < -0.4 is 14.2 Å². The molecule has 0 spiro atoms. The summed E-state index contributed by atoms with van der Waals surface area (Å²) in [4.78, 5) is 4.19. The van der Waals surface area contributed by atoms with Gasteiger partial charge >= 0.3 is 0 Å². The van der Waals surface area contributed by atoms with Crippen LogP contribution in [0.25, 0.3) is 21.9 Å². The lowest BCUT2D eigenvalue weighted by atomic mass is 9.96. The van der Waals surface area contributed by atoms with Gasteiger partial charge in [0.2, 0.25) is 10.0 Å². The fourth-order valence-electron chi connectivity index (χ4n) is 2.87. The number of methoxy groups -OCH3 is 2. The Balaban J connectivity index is 2.11. The van der Waals surface area contributed by atoms with E-state index in [0.29, 0.717) is 11.5 Å². The Labute approximate surface area is 152 Å². The lowest BCUT2D eigenvalue weighted by molar-refractivity contribution is 0.355. The Morgan fingerprint density at radius 2 is 1.77 bits per heavy atom. The average molecular weight is 372 g/mol. The van der Waals surface area contributed by atoms with Crippen LogP contribution in [-0.4, -0.2) is 33.9 Å². The van der Waals surface area contributed by atoms with Crippen molar-refractivity contribution < 1.29 is 17.9 Å². The molecule has 2 aromatic carbocycles. The van der Waals surface area contributed by atoms with E-state index in [1.54, 1.807) is 26.6 Å². The molecule has 136 valence electrons. The molecule has 26 heavy (non-hydrogen) atoms. The highest BCUT2D eigenvalue weighted by Gasteiger charge is 2.12. The van der Waals surface area contributed by atoms with Crippen molar-refractivity contribution in [3.8, 4) is 22.6 Å². The number of hydrogen-bond donors (Lipinski definition) is 1. The third-order valence-corrected chi connectivity index (χ3v) is 4.80. The predicted molar refractivity (Wildman–Crippen MR) is 102 cm³/mol. The van der Waals surface area contributed by atoms with Crippen molar-refractivity contribution in [3.05, 3.63) is 54.4 Å². The van der Waals surface area contributed by atoms with Crippen molar-refractivity contribution in [2.24, 2.45) is 0 Å². The zero-order chi connectivity index (χ0) is 18.7. The molecular formula is C19H20N2O4S. The Bertz CT molecular complexity index is 1050. The summed E-state index contributed by atoms with van der Waals surface area (Å²) in [6.07, 6.45) is 4.62. The third kappa shape index (κ3) is 3.79. The third-order valence-electron chi connectivity index (χ3n) is 4.13. The quantitative estimate of drug-likeness (QED) is 0.720. The van der Waals surface area contributed by atoms with Gasteiger partial charge in [-0.25, -0.2) is 13.1 Å². The molecule has 0 saturated carbocycles. The van der Waals surface area contributed by atoms with Crippen LogP contribution in [0.4, 0.5) is 0 Å². The molecule has 0 unspecified atom stereocenters. The van der Waals surface area contributed by atoms with Crippen LogP contribution in [0.2, 0.25) is 0 Å². The Morgan fingerprint density at radius 1 is 1.00 bits per heavy atom. The topological polar surface area (TPSA) is 77.5 Å². The Hall–Kier alpha value is -2.64. The van der Waals surface area contributed by atoms with Crippen molar-refractivity contribution in [2.45, 2.75) is 6.54 Å². The summed E-state index contributed by atoms with van der Waals surface area (Å²) in [6.45, 7) is 0.216. The number of sulfonamides is 1. The van der Waals surface area contributed by atoms with Gasteiger partial charge in [0, 0.05) is 24.3 Å². The van der Waals surface area contributed by atoms with Crippen molar-refractivity contribution in [1.82, 2.24) is 9.71 Å².